The number of nitrogens with zero attached hydrogens (tertiary/aromatic N) is 1. The Hall–Kier alpha value is -4.18. The van der Waals surface area contributed by atoms with Crippen LogP contribution in [-0.4, -0.2) is 48.7 Å². The van der Waals surface area contributed by atoms with Gasteiger partial charge in [-0.05, 0) is 28.7 Å². The van der Waals surface area contributed by atoms with Gasteiger partial charge in [0.15, 0.2) is 0 Å². The largest absolute Gasteiger partial charge is 0.374 e. The second kappa shape index (κ2) is 16.4. The number of carbonyl (C=O) groups excluding carboxylic acids is 1. The van der Waals surface area contributed by atoms with Crippen molar-refractivity contribution >= 4 is 11.6 Å². The summed E-state index contributed by atoms with van der Waals surface area (Å²) < 4.78 is 33.3. The molecule has 8 heteroatoms. The zero-order valence-corrected chi connectivity index (χ0v) is 25.8. The SMILES string of the molecule is O=C1CCC([C@@H]2O[C@H](COCc3ccccc3)[C@@H](OCc3ccccc3)[C@H](OCc3ccccc3)[C@H]2OCc2ccccc2)=NN1. The fraction of sp³-hybridized carbons (Fsp3) is 0.316. The van der Waals surface area contributed by atoms with Crippen molar-refractivity contribution in [3.8, 4) is 0 Å². The van der Waals surface area contributed by atoms with Gasteiger partial charge in [0.1, 0.15) is 30.5 Å². The fourth-order valence-electron chi connectivity index (χ4n) is 5.75. The minimum atomic E-state index is -0.591. The minimum absolute atomic E-state index is 0.120. The van der Waals surface area contributed by atoms with Crippen molar-refractivity contribution in [3.05, 3.63) is 144 Å². The molecule has 0 spiro atoms. The van der Waals surface area contributed by atoms with Gasteiger partial charge in [0.25, 0.3) is 0 Å². The van der Waals surface area contributed by atoms with E-state index in [9.17, 15) is 4.79 Å². The van der Waals surface area contributed by atoms with Gasteiger partial charge in [0.05, 0.1) is 38.7 Å². The molecule has 0 unspecified atom stereocenters. The minimum Gasteiger partial charge on any atom is -0.374 e. The molecule has 4 aromatic carbocycles. The van der Waals surface area contributed by atoms with Crippen LogP contribution in [0.5, 0.6) is 0 Å². The quantitative estimate of drug-likeness (QED) is 0.186. The monoisotopic (exact) mass is 620 g/mol. The van der Waals surface area contributed by atoms with Crippen LogP contribution < -0.4 is 5.43 Å². The molecular weight excluding hydrogens is 580 g/mol. The molecule has 1 N–H and O–H groups in total. The van der Waals surface area contributed by atoms with E-state index in [0.29, 0.717) is 45.0 Å². The van der Waals surface area contributed by atoms with E-state index in [-0.39, 0.29) is 12.5 Å². The standard InChI is InChI=1S/C38H40N2O6/c41-34-22-21-32(39-40-34)35-37(44-25-30-17-9-3-10-18-30)38(45-26-31-19-11-4-12-20-31)36(43-24-29-15-7-2-8-16-29)33(46-35)27-42-23-28-13-5-1-6-14-28/h1-20,33,35-38H,21-27H2,(H,40,41)/t33-,35+,36-,37+,38+/m1/s1. The molecule has 1 saturated heterocycles. The number of rotatable bonds is 14. The Morgan fingerprint density at radius 2 is 1.04 bits per heavy atom. The average Bonchev–Trinajstić information content (AvgIpc) is 3.11. The van der Waals surface area contributed by atoms with Gasteiger partial charge in [0.2, 0.25) is 5.91 Å². The maximum absolute atomic E-state index is 12.1. The predicted octanol–water partition coefficient (Wildman–Crippen LogP) is 5.99. The zero-order chi connectivity index (χ0) is 31.4. The molecule has 2 heterocycles. The summed E-state index contributed by atoms with van der Waals surface area (Å²) in [6.07, 6.45) is -1.97. The van der Waals surface area contributed by atoms with E-state index in [1.807, 2.05) is 121 Å². The normalized spacial score (nSPS) is 23.0. The maximum Gasteiger partial charge on any atom is 0.240 e. The smallest absolute Gasteiger partial charge is 0.240 e. The molecule has 4 aromatic rings. The van der Waals surface area contributed by atoms with E-state index in [1.54, 1.807) is 0 Å². The molecule has 46 heavy (non-hydrogen) atoms. The van der Waals surface area contributed by atoms with Crippen molar-refractivity contribution in [2.45, 2.75) is 69.8 Å². The zero-order valence-electron chi connectivity index (χ0n) is 25.8. The third-order valence-corrected chi connectivity index (χ3v) is 8.14. The van der Waals surface area contributed by atoms with Crippen molar-refractivity contribution in [1.29, 1.82) is 0 Å². The third kappa shape index (κ3) is 8.75. The molecule has 6 rings (SSSR count). The van der Waals surface area contributed by atoms with Gasteiger partial charge in [-0.3, -0.25) is 4.79 Å². The number of hydrogen-bond acceptors (Lipinski definition) is 7. The van der Waals surface area contributed by atoms with Gasteiger partial charge in [-0.25, -0.2) is 5.43 Å². The second-order valence-electron chi connectivity index (χ2n) is 11.5. The lowest BCUT2D eigenvalue weighted by Gasteiger charge is -2.46. The van der Waals surface area contributed by atoms with Crippen molar-refractivity contribution in [1.82, 2.24) is 5.43 Å². The topological polar surface area (TPSA) is 87.6 Å². The summed E-state index contributed by atoms with van der Waals surface area (Å²) in [4.78, 5) is 12.1. The molecule has 0 aliphatic carbocycles. The van der Waals surface area contributed by atoms with Crippen LogP contribution in [0.3, 0.4) is 0 Å². The number of nitrogens with one attached hydrogen (secondary N) is 1. The first-order chi connectivity index (χ1) is 22.7. The van der Waals surface area contributed by atoms with Gasteiger partial charge in [-0.2, -0.15) is 5.10 Å². The highest BCUT2D eigenvalue weighted by molar-refractivity contribution is 5.95. The maximum atomic E-state index is 12.1. The second-order valence-corrected chi connectivity index (χ2v) is 11.5. The Kier molecular flexibility index (Phi) is 11.3. The van der Waals surface area contributed by atoms with Crippen molar-refractivity contribution in [2.24, 2.45) is 5.10 Å². The summed E-state index contributed by atoms with van der Waals surface area (Å²) in [5.74, 6) is -0.120. The molecule has 0 saturated carbocycles. The Balaban J connectivity index is 1.32. The van der Waals surface area contributed by atoms with Crippen LogP contribution in [-0.2, 0) is 54.9 Å². The third-order valence-electron chi connectivity index (χ3n) is 8.14. The van der Waals surface area contributed by atoms with E-state index >= 15 is 0 Å². The van der Waals surface area contributed by atoms with Crippen LogP contribution in [0.25, 0.3) is 0 Å². The number of carbonyl (C=O) groups is 1. The van der Waals surface area contributed by atoms with Crippen LogP contribution >= 0.6 is 0 Å². The highest BCUT2D eigenvalue weighted by atomic mass is 16.6. The lowest BCUT2D eigenvalue weighted by molar-refractivity contribution is -0.259. The molecule has 238 valence electrons. The van der Waals surface area contributed by atoms with E-state index in [4.69, 9.17) is 23.7 Å². The number of benzene rings is 4. The predicted molar refractivity (Wildman–Crippen MR) is 175 cm³/mol. The van der Waals surface area contributed by atoms with Gasteiger partial charge in [-0.1, -0.05) is 121 Å². The summed E-state index contributed by atoms with van der Waals surface area (Å²) in [5, 5.41) is 4.45. The summed E-state index contributed by atoms with van der Waals surface area (Å²) in [6, 6.07) is 40.2. The van der Waals surface area contributed by atoms with E-state index in [1.165, 1.54) is 0 Å². The van der Waals surface area contributed by atoms with Crippen LogP contribution in [0.15, 0.2) is 126 Å². The molecule has 5 atom stereocenters. The number of amides is 1. The first-order valence-electron chi connectivity index (χ1n) is 15.8. The molecule has 0 aromatic heterocycles. The molecule has 8 nitrogen and oxygen atoms in total. The van der Waals surface area contributed by atoms with Gasteiger partial charge in [-0.15, -0.1) is 0 Å². The Bertz CT molecular complexity index is 1520. The highest BCUT2D eigenvalue weighted by Gasteiger charge is 2.50. The summed E-state index contributed by atoms with van der Waals surface area (Å²) in [5.41, 5.74) is 7.52. The van der Waals surface area contributed by atoms with E-state index < -0.39 is 30.5 Å². The first-order valence-corrected chi connectivity index (χ1v) is 15.8. The van der Waals surface area contributed by atoms with Crippen LogP contribution in [0, 0.1) is 0 Å². The van der Waals surface area contributed by atoms with Crippen LogP contribution in [0.2, 0.25) is 0 Å². The Labute approximate surface area is 270 Å². The van der Waals surface area contributed by atoms with Gasteiger partial charge < -0.3 is 23.7 Å². The summed E-state index contributed by atoms with van der Waals surface area (Å²) in [7, 11) is 0. The first kappa shape index (κ1) is 31.8. The fourth-order valence-corrected chi connectivity index (χ4v) is 5.75. The summed E-state index contributed by atoms with van der Waals surface area (Å²) in [6.45, 7) is 1.76. The highest BCUT2D eigenvalue weighted by Crippen LogP contribution is 2.33. The lowest BCUT2D eigenvalue weighted by Crippen LogP contribution is -2.63. The number of hydrogen-bond donors (Lipinski definition) is 1. The molecule has 2 aliphatic rings. The number of hydrazone groups is 1. The molecule has 0 bridgehead atoms. The van der Waals surface area contributed by atoms with Gasteiger partial charge in [0, 0.05) is 6.42 Å². The van der Waals surface area contributed by atoms with Gasteiger partial charge >= 0.3 is 0 Å². The number of ether oxygens (including phenoxy) is 5. The molecule has 1 fully saturated rings. The molecule has 2 aliphatic heterocycles. The van der Waals surface area contributed by atoms with Crippen LogP contribution in [0.1, 0.15) is 35.1 Å². The van der Waals surface area contributed by atoms with Crippen molar-refractivity contribution in [3.63, 3.8) is 0 Å². The van der Waals surface area contributed by atoms with E-state index in [2.05, 4.69) is 10.5 Å². The van der Waals surface area contributed by atoms with Crippen molar-refractivity contribution in [2.75, 3.05) is 6.61 Å². The van der Waals surface area contributed by atoms with Crippen LogP contribution in [0.4, 0.5) is 0 Å². The average molecular weight is 621 g/mol. The Morgan fingerprint density at radius 3 is 1.52 bits per heavy atom. The Morgan fingerprint density at radius 1 is 0.587 bits per heavy atom. The lowest BCUT2D eigenvalue weighted by atomic mass is 9.90. The molecular formula is C38H40N2O6. The molecule has 0 radical (unpaired) electrons. The summed E-state index contributed by atoms with van der Waals surface area (Å²) >= 11 is 0. The van der Waals surface area contributed by atoms with Crippen molar-refractivity contribution < 1.29 is 28.5 Å². The molecule has 1 amide bonds. The van der Waals surface area contributed by atoms with E-state index in [0.717, 1.165) is 22.3 Å².